The van der Waals surface area contributed by atoms with Crippen LogP contribution in [0.2, 0.25) is 0 Å². The van der Waals surface area contributed by atoms with Crippen LogP contribution >= 0.6 is 7.72 Å². The molecule has 1 fully saturated rings. The van der Waals surface area contributed by atoms with Gasteiger partial charge in [0.1, 0.15) is 17.9 Å². The third kappa shape index (κ3) is 5.18. The van der Waals surface area contributed by atoms with E-state index in [0.29, 0.717) is 32.0 Å². The highest BCUT2D eigenvalue weighted by Gasteiger charge is 2.45. The fraction of sp³-hybridized carbons (Fsp3) is 0.467. The van der Waals surface area contributed by atoms with Gasteiger partial charge in [-0.2, -0.15) is 0 Å². The molecule has 148 valence electrons. The summed E-state index contributed by atoms with van der Waals surface area (Å²) in [6.07, 6.45) is -0.825. The van der Waals surface area contributed by atoms with E-state index >= 15 is 0 Å². The number of carbonyl (C=O) groups is 2. The molecule has 0 spiro atoms. The van der Waals surface area contributed by atoms with Gasteiger partial charge >= 0.3 is 19.2 Å². The van der Waals surface area contributed by atoms with E-state index in [1.807, 2.05) is 0 Å². The first-order valence-electron chi connectivity index (χ1n) is 8.11. The number of ether oxygens (including phenoxy) is 1. The van der Waals surface area contributed by atoms with Crippen molar-refractivity contribution in [1.82, 2.24) is 0 Å². The molecule has 1 aliphatic heterocycles. The van der Waals surface area contributed by atoms with Gasteiger partial charge in [-0.3, -0.25) is 14.9 Å². The summed E-state index contributed by atoms with van der Waals surface area (Å²) in [5.74, 6) is -1.33. The fourth-order valence-electron chi connectivity index (χ4n) is 2.63. The number of hydrogen-bond acceptors (Lipinski definition) is 9. The monoisotopic (exact) mass is 402 g/mol. The smallest absolute Gasteiger partial charge is 0.357 e. The van der Waals surface area contributed by atoms with Crippen LogP contribution in [0.5, 0.6) is 0 Å². The van der Waals surface area contributed by atoms with Gasteiger partial charge in [-0.15, -0.1) is 0 Å². The lowest BCUT2D eigenvalue weighted by Crippen LogP contribution is -2.36. The van der Waals surface area contributed by atoms with Crippen LogP contribution in [-0.4, -0.2) is 69.8 Å². The van der Waals surface area contributed by atoms with Crippen LogP contribution in [0.3, 0.4) is 0 Å². The van der Waals surface area contributed by atoms with E-state index in [4.69, 9.17) is 15.6 Å². The number of nitro benzene ring substituents is 1. The number of benzene rings is 1. The number of carbonyl (C=O) groups excluding carboxylic acids is 1. The molecule has 1 aromatic carbocycles. The minimum atomic E-state index is -4.18. The standard InChI is InChI=1S/C15H20N3O8P/c16-11(14(19)20)3-8-27(24,25)15(21)10-1-2-12(13(9-10)18(22)23)17-4-6-26-7-5-17/h1-2,9,11,24-25H,3-8,16H2/p+1/t11-/m0/s1. The maximum absolute atomic E-state index is 12.4. The van der Waals surface area contributed by atoms with E-state index in [1.54, 1.807) is 4.90 Å². The van der Waals surface area contributed by atoms with Crippen LogP contribution in [0.15, 0.2) is 18.2 Å². The summed E-state index contributed by atoms with van der Waals surface area (Å²) in [4.78, 5) is 55.8. The SMILES string of the molecule is N[C@@H](CC[P+](O)(O)C(=O)c1ccc(N2CCOCC2)c([N+](=O)[O-])c1)C(=O)O. The van der Waals surface area contributed by atoms with Crippen molar-refractivity contribution in [2.24, 2.45) is 5.73 Å². The number of nitro groups is 1. The zero-order valence-electron chi connectivity index (χ0n) is 14.4. The van der Waals surface area contributed by atoms with E-state index in [1.165, 1.54) is 12.1 Å². The summed E-state index contributed by atoms with van der Waals surface area (Å²) in [5, 5.41) is 20.2. The number of hydrogen-bond donors (Lipinski definition) is 4. The van der Waals surface area contributed by atoms with Crippen LogP contribution in [0, 0.1) is 10.1 Å². The molecule has 2 rings (SSSR count). The lowest BCUT2D eigenvalue weighted by molar-refractivity contribution is -0.384. The Hall–Kier alpha value is -2.17. The first kappa shape index (κ1) is 21.1. The Kier molecular flexibility index (Phi) is 6.79. The third-order valence-electron chi connectivity index (χ3n) is 4.17. The van der Waals surface area contributed by atoms with E-state index < -0.39 is 36.3 Å². The number of anilines is 1. The fourth-order valence-corrected chi connectivity index (χ4v) is 4.02. The van der Waals surface area contributed by atoms with Crippen molar-refractivity contribution in [3.63, 3.8) is 0 Å². The van der Waals surface area contributed by atoms with Crippen molar-refractivity contribution in [2.75, 3.05) is 37.4 Å². The molecule has 0 radical (unpaired) electrons. The summed E-state index contributed by atoms with van der Waals surface area (Å²) >= 11 is 0. The molecule has 5 N–H and O–H groups in total. The molecule has 0 unspecified atom stereocenters. The second-order valence-corrected chi connectivity index (χ2v) is 8.37. The molecular weight excluding hydrogens is 381 g/mol. The van der Waals surface area contributed by atoms with Gasteiger partial charge in [0.25, 0.3) is 5.69 Å². The van der Waals surface area contributed by atoms with E-state index in [9.17, 15) is 29.5 Å². The van der Waals surface area contributed by atoms with E-state index in [-0.39, 0.29) is 17.7 Å². The average Bonchev–Trinajstić information content (AvgIpc) is 2.65. The van der Waals surface area contributed by atoms with Crippen molar-refractivity contribution >= 4 is 30.6 Å². The van der Waals surface area contributed by atoms with Gasteiger partial charge in [-0.25, -0.2) is 14.6 Å². The topological polar surface area (TPSA) is 176 Å². The summed E-state index contributed by atoms with van der Waals surface area (Å²) < 4.78 is 5.21. The highest BCUT2D eigenvalue weighted by molar-refractivity contribution is 7.81. The number of rotatable bonds is 8. The number of nitrogens with zero attached hydrogens (tertiary/aromatic N) is 2. The van der Waals surface area contributed by atoms with Crippen LogP contribution < -0.4 is 10.6 Å². The van der Waals surface area contributed by atoms with Gasteiger partial charge in [0.15, 0.2) is 0 Å². The molecule has 1 aliphatic rings. The van der Waals surface area contributed by atoms with E-state index in [2.05, 4.69) is 0 Å². The van der Waals surface area contributed by atoms with Gasteiger partial charge in [0.05, 0.1) is 23.7 Å². The molecule has 0 saturated carbocycles. The van der Waals surface area contributed by atoms with Crippen LogP contribution in [0.1, 0.15) is 16.8 Å². The first-order valence-corrected chi connectivity index (χ1v) is 9.99. The summed E-state index contributed by atoms with van der Waals surface area (Å²) in [7, 11) is -4.18. The zero-order valence-corrected chi connectivity index (χ0v) is 15.2. The second-order valence-electron chi connectivity index (χ2n) is 6.05. The Morgan fingerprint density at radius 1 is 1.33 bits per heavy atom. The van der Waals surface area contributed by atoms with Crippen LogP contribution in [0.25, 0.3) is 0 Å². The molecule has 12 heteroatoms. The van der Waals surface area contributed by atoms with Crippen molar-refractivity contribution in [3.05, 3.63) is 33.9 Å². The highest BCUT2D eigenvalue weighted by atomic mass is 31.2. The number of nitrogens with two attached hydrogens (primary N) is 1. The Balaban J connectivity index is 2.24. The molecule has 11 nitrogen and oxygen atoms in total. The Bertz CT molecular complexity index is 736. The van der Waals surface area contributed by atoms with Gasteiger partial charge in [-0.1, -0.05) is 0 Å². The predicted molar refractivity (Wildman–Crippen MR) is 96.9 cm³/mol. The molecule has 27 heavy (non-hydrogen) atoms. The summed E-state index contributed by atoms with van der Waals surface area (Å²) in [6, 6.07) is 2.35. The maximum atomic E-state index is 12.4. The first-order chi connectivity index (χ1) is 12.6. The van der Waals surface area contributed by atoms with Crippen molar-refractivity contribution in [2.45, 2.75) is 12.5 Å². The molecule has 0 bridgehead atoms. The van der Waals surface area contributed by atoms with Crippen molar-refractivity contribution < 1.29 is 34.1 Å². The normalized spacial score (nSPS) is 16.0. The number of morpholine rings is 1. The quantitative estimate of drug-likeness (QED) is 0.267. The molecule has 1 aromatic rings. The van der Waals surface area contributed by atoms with Crippen molar-refractivity contribution in [1.29, 1.82) is 0 Å². The molecule has 0 aliphatic carbocycles. The van der Waals surface area contributed by atoms with Crippen LogP contribution in [-0.2, 0) is 9.53 Å². The Morgan fingerprint density at radius 3 is 2.52 bits per heavy atom. The number of aliphatic carboxylic acids is 1. The molecular formula is C15H21N3O8P+. The van der Waals surface area contributed by atoms with Crippen molar-refractivity contribution in [3.8, 4) is 0 Å². The lowest BCUT2D eigenvalue weighted by atomic mass is 10.1. The molecule has 1 atom stereocenters. The minimum absolute atomic E-state index is 0.221. The largest absolute Gasteiger partial charge is 0.480 e. The number of carboxylic acid groups (broad SMARTS) is 1. The van der Waals surface area contributed by atoms with Gasteiger partial charge in [-0.05, 0) is 12.1 Å². The average molecular weight is 402 g/mol. The lowest BCUT2D eigenvalue weighted by Gasteiger charge is -2.28. The van der Waals surface area contributed by atoms with Crippen LogP contribution in [0.4, 0.5) is 11.4 Å². The maximum Gasteiger partial charge on any atom is 0.357 e. The molecule has 1 saturated heterocycles. The minimum Gasteiger partial charge on any atom is -0.480 e. The second kappa shape index (κ2) is 8.68. The Morgan fingerprint density at radius 2 is 1.96 bits per heavy atom. The van der Waals surface area contributed by atoms with Gasteiger partial charge in [0, 0.05) is 25.6 Å². The zero-order chi connectivity index (χ0) is 20.2. The summed E-state index contributed by atoms with van der Waals surface area (Å²) in [6.45, 7) is 1.75. The molecule has 0 aromatic heterocycles. The Labute approximate surface area is 155 Å². The van der Waals surface area contributed by atoms with Gasteiger partial charge < -0.3 is 20.5 Å². The highest BCUT2D eigenvalue weighted by Crippen LogP contribution is 2.54. The summed E-state index contributed by atoms with van der Waals surface area (Å²) in [5.41, 5.74) is 4.01. The molecule has 1 heterocycles. The van der Waals surface area contributed by atoms with E-state index in [0.717, 1.165) is 6.07 Å². The number of carboxylic acids is 1. The molecule has 0 amide bonds. The predicted octanol–water partition coefficient (Wildman–Crippen LogP) is 0.206. The van der Waals surface area contributed by atoms with Gasteiger partial charge in [0.2, 0.25) is 0 Å². The third-order valence-corrected chi connectivity index (χ3v) is 5.96.